The van der Waals surface area contributed by atoms with Gasteiger partial charge in [-0.15, -0.1) is 0 Å². The highest BCUT2D eigenvalue weighted by atomic mass is 35.5. The molecule has 0 saturated carbocycles. The molecule has 0 amide bonds. The molecule has 0 aliphatic carbocycles. The van der Waals surface area contributed by atoms with Gasteiger partial charge in [0.25, 0.3) is 0 Å². The van der Waals surface area contributed by atoms with Gasteiger partial charge < -0.3 is 25.2 Å². The second-order valence-electron chi connectivity index (χ2n) is 1.55. The molecule has 0 saturated heterocycles. The third kappa shape index (κ3) is 3.76. The number of rotatable bonds is 3. The SMILES string of the molecule is O=C([O-])C(O)C(O)C(=O)O.[ClH2+]. The second-order valence-corrected chi connectivity index (χ2v) is 1.55. The van der Waals surface area contributed by atoms with Gasteiger partial charge >= 0.3 is 5.97 Å². The van der Waals surface area contributed by atoms with Crippen LogP contribution in [0.25, 0.3) is 0 Å². The maximum absolute atomic E-state index is 9.74. The quantitative estimate of drug-likeness (QED) is 0.414. The van der Waals surface area contributed by atoms with Crippen molar-refractivity contribution in [1.29, 1.82) is 0 Å². The molecule has 0 bridgehead atoms. The molecule has 7 heteroatoms. The fourth-order valence-electron chi connectivity index (χ4n) is 0.264. The lowest BCUT2D eigenvalue weighted by molar-refractivity contribution is -0.318. The molecule has 0 aliphatic heterocycles. The highest BCUT2D eigenvalue weighted by Crippen LogP contribution is 1.90. The van der Waals surface area contributed by atoms with Crippen molar-refractivity contribution in [3.05, 3.63) is 0 Å². The molecule has 0 heterocycles. The minimum absolute atomic E-state index is 0. The number of hydrogen-bond acceptors (Lipinski definition) is 5. The highest BCUT2D eigenvalue weighted by molar-refractivity contribution is 5.81. The van der Waals surface area contributed by atoms with Gasteiger partial charge in [-0.3, -0.25) is 0 Å². The van der Waals surface area contributed by atoms with Gasteiger partial charge in [0, 0.05) is 0 Å². The van der Waals surface area contributed by atoms with E-state index in [1.807, 2.05) is 0 Å². The Morgan fingerprint density at radius 1 is 1.18 bits per heavy atom. The molecule has 6 nitrogen and oxygen atoms in total. The minimum Gasteiger partial charge on any atom is -0.547 e. The van der Waals surface area contributed by atoms with Gasteiger partial charge in [-0.05, 0) is 0 Å². The second kappa shape index (κ2) is 4.89. The lowest BCUT2D eigenvalue weighted by Crippen LogP contribution is -2.46. The van der Waals surface area contributed by atoms with Gasteiger partial charge in [0.15, 0.2) is 6.10 Å². The summed E-state index contributed by atoms with van der Waals surface area (Å²) < 4.78 is 0. The molecule has 0 spiro atoms. The highest BCUT2D eigenvalue weighted by Gasteiger charge is 2.23. The van der Waals surface area contributed by atoms with Crippen molar-refractivity contribution in [3.8, 4) is 0 Å². The van der Waals surface area contributed by atoms with E-state index in [2.05, 4.69) is 0 Å². The van der Waals surface area contributed by atoms with Crippen LogP contribution in [0, 0.1) is 12.4 Å². The van der Waals surface area contributed by atoms with Crippen LogP contribution in [0.5, 0.6) is 0 Å². The number of carboxylic acids is 2. The van der Waals surface area contributed by atoms with Crippen molar-refractivity contribution in [2.75, 3.05) is 0 Å². The largest absolute Gasteiger partial charge is 0.547 e. The fraction of sp³-hybridized carbons (Fsp3) is 0.500. The predicted octanol–water partition coefficient (Wildman–Crippen LogP) is -3.99. The van der Waals surface area contributed by atoms with Crippen LogP contribution in [0.2, 0.25) is 0 Å². The molecule has 11 heavy (non-hydrogen) atoms. The number of hydrogen-bond donors (Lipinski definition) is 3. The van der Waals surface area contributed by atoms with Crippen molar-refractivity contribution in [1.82, 2.24) is 0 Å². The average Bonchev–Trinajstić information content (AvgIpc) is 1.84. The van der Waals surface area contributed by atoms with Gasteiger partial charge in [-0.25, -0.2) is 4.79 Å². The first-order chi connectivity index (χ1) is 4.46. The lowest BCUT2D eigenvalue weighted by atomic mass is 10.2. The zero-order valence-electron chi connectivity index (χ0n) is 5.17. The van der Waals surface area contributed by atoms with E-state index in [9.17, 15) is 14.7 Å². The Kier molecular flexibility index (Phi) is 5.69. The summed E-state index contributed by atoms with van der Waals surface area (Å²) in [4.78, 5) is 19.4. The Balaban J connectivity index is 0. The van der Waals surface area contributed by atoms with E-state index in [4.69, 9.17) is 15.3 Å². The summed E-state index contributed by atoms with van der Waals surface area (Å²) in [5, 5.41) is 34.1. The van der Waals surface area contributed by atoms with Crippen molar-refractivity contribution in [2.24, 2.45) is 0 Å². The number of carbonyl (C=O) groups excluding carboxylic acids is 1. The number of carboxylic acid groups (broad SMARTS) is 2. The molecule has 0 radical (unpaired) electrons. The van der Waals surface area contributed by atoms with E-state index in [1.54, 1.807) is 0 Å². The molecular formula is C4H7ClO6. The Hall–Kier alpha value is -0.850. The Morgan fingerprint density at radius 3 is 1.64 bits per heavy atom. The maximum Gasteiger partial charge on any atom is 0.335 e. The van der Waals surface area contributed by atoms with E-state index in [1.165, 1.54) is 0 Å². The maximum atomic E-state index is 9.74. The van der Waals surface area contributed by atoms with Crippen molar-refractivity contribution in [2.45, 2.75) is 12.2 Å². The molecule has 2 unspecified atom stereocenters. The van der Waals surface area contributed by atoms with Gasteiger partial charge in [0.1, 0.15) is 6.10 Å². The van der Waals surface area contributed by atoms with E-state index in [0.29, 0.717) is 0 Å². The van der Waals surface area contributed by atoms with Crippen molar-refractivity contribution < 1.29 is 42.4 Å². The van der Waals surface area contributed by atoms with Crippen LogP contribution in [0.4, 0.5) is 0 Å². The Bertz CT molecular complexity index is 139. The van der Waals surface area contributed by atoms with Crippen LogP contribution >= 0.6 is 0 Å². The lowest BCUT2D eigenvalue weighted by Gasteiger charge is -2.13. The number of aliphatic hydroxyl groups excluding tert-OH is 2. The predicted molar refractivity (Wildman–Crippen MR) is 27.4 cm³/mol. The van der Waals surface area contributed by atoms with Crippen LogP contribution in [0.1, 0.15) is 0 Å². The van der Waals surface area contributed by atoms with Crippen LogP contribution in [0.15, 0.2) is 0 Å². The van der Waals surface area contributed by atoms with E-state index in [-0.39, 0.29) is 12.4 Å². The molecule has 0 aromatic carbocycles. The van der Waals surface area contributed by atoms with Crippen molar-refractivity contribution in [3.63, 3.8) is 0 Å². The van der Waals surface area contributed by atoms with Crippen LogP contribution in [-0.2, 0) is 9.59 Å². The first-order valence-corrected chi connectivity index (χ1v) is 2.26. The van der Waals surface area contributed by atoms with Gasteiger partial charge in [0.05, 0.1) is 18.4 Å². The molecule has 0 fully saturated rings. The summed E-state index contributed by atoms with van der Waals surface area (Å²) in [6.07, 6.45) is -4.71. The Morgan fingerprint density at radius 2 is 1.55 bits per heavy atom. The molecular weight excluding hydrogens is 179 g/mol. The summed E-state index contributed by atoms with van der Waals surface area (Å²) in [5.74, 6) is -3.83. The Labute approximate surface area is 67.5 Å². The minimum atomic E-state index is -2.38. The summed E-state index contributed by atoms with van der Waals surface area (Å²) in [5.41, 5.74) is 0. The van der Waals surface area contributed by atoms with Crippen molar-refractivity contribution >= 4 is 11.9 Å². The van der Waals surface area contributed by atoms with Crippen LogP contribution in [0.3, 0.4) is 0 Å². The molecule has 0 aromatic rings. The third-order valence-corrected chi connectivity index (χ3v) is 0.794. The zero-order valence-corrected chi connectivity index (χ0v) is 6.06. The van der Waals surface area contributed by atoms with Crippen LogP contribution in [-0.4, -0.2) is 39.5 Å². The molecule has 2 atom stereocenters. The summed E-state index contributed by atoms with van der Waals surface area (Å²) >= 11 is 0. The molecule has 66 valence electrons. The first-order valence-electron chi connectivity index (χ1n) is 2.26. The van der Waals surface area contributed by atoms with Gasteiger partial charge in [-0.2, -0.15) is 0 Å². The van der Waals surface area contributed by atoms with E-state index in [0.717, 1.165) is 0 Å². The van der Waals surface area contributed by atoms with E-state index >= 15 is 0 Å². The number of halogens is 1. The standard InChI is InChI=1S/C4H6O6.ClH2/c5-1(3(7)8)2(6)4(9)10;/h1-2,5-6H,(H,7,8)(H,9,10);1H2/q;+1/p-1. The first kappa shape index (κ1) is 12.8. The fourth-order valence-corrected chi connectivity index (χ4v) is 0.264. The summed E-state index contributed by atoms with van der Waals surface area (Å²) in [6.45, 7) is 0. The summed E-state index contributed by atoms with van der Waals surface area (Å²) in [7, 11) is 0. The van der Waals surface area contributed by atoms with E-state index < -0.39 is 24.1 Å². The van der Waals surface area contributed by atoms with Crippen LogP contribution < -0.4 is 5.11 Å². The van der Waals surface area contributed by atoms with Gasteiger partial charge in [0.2, 0.25) is 0 Å². The molecule has 3 N–H and O–H groups in total. The topological polar surface area (TPSA) is 118 Å². The molecule has 0 aliphatic rings. The number of aliphatic hydroxyl groups is 2. The third-order valence-electron chi connectivity index (χ3n) is 0.794. The molecule has 0 aromatic heterocycles. The summed E-state index contributed by atoms with van der Waals surface area (Å²) in [6, 6.07) is 0. The monoisotopic (exact) mass is 186 g/mol. The number of carbonyl (C=O) groups is 2. The number of aliphatic carboxylic acids is 2. The average molecular weight is 187 g/mol. The zero-order chi connectivity index (χ0) is 8.31. The van der Waals surface area contributed by atoms with Gasteiger partial charge in [-0.1, -0.05) is 0 Å². The normalized spacial score (nSPS) is 14.4. The molecule has 0 rings (SSSR count). The smallest absolute Gasteiger partial charge is 0.335 e.